The van der Waals surface area contributed by atoms with Crippen molar-refractivity contribution in [2.75, 3.05) is 32.2 Å². The Bertz CT molecular complexity index is 793. The highest BCUT2D eigenvalue weighted by Crippen LogP contribution is 2.38. The van der Waals surface area contributed by atoms with E-state index in [-0.39, 0.29) is 5.91 Å². The van der Waals surface area contributed by atoms with E-state index < -0.39 is 5.66 Å². The van der Waals surface area contributed by atoms with Crippen LogP contribution < -0.4 is 10.1 Å². The van der Waals surface area contributed by atoms with Gasteiger partial charge in [0.15, 0.2) is 0 Å². The van der Waals surface area contributed by atoms with Crippen molar-refractivity contribution in [3.63, 3.8) is 0 Å². The van der Waals surface area contributed by atoms with Crippen LogP contribution in [0, 0.1) is 0 Å². The largest absolute Gasteiger partial charge is 0.494 e. The lowest BCUT2D eigenvalue weighted by Gasteiger charge is -2.47. The first-order valence-electron chi connectivity index (χ1n) is 9.51. The van der Waals surface area contributed by atoms with E-state index in [2.05, 4.69) is 12.2 Å². The fourth-order valence-electron chi connectivity index (χ4n) is 3.49. The van der Waals surface area contributed by atoms with Crippen LogP contribution in [0.2, 0.25) is 0 Å². The molecule has 1 heterocycles. The lowest BCUT2D eigenvalue weighted by atomic mass is 9.93. The van der Waals surface area contributed by atoms with Gasteiger partial charge in [0.05, 0.1) is 12.2 Å². The minimum absolute atomic E-state index is 0.0304. The molecule has 0 fully saturated rings. The third kappa shape index (κ3) is 3.93. The number of methoxy groups -OCH3 is 1. The van der Waals surface area contributed by atoms with E-state index in [4.69, 9.17) is 9.47 Å². The van der Waals surface area contributed by atoms with E-state index in [0.717, 1.165) is 29.8 Å². The zero-order valence-electron chi connectivity index (χ0n) is 16.3. The number of rotatable bonds is 8. The number of para-hydroxylation sites is 1. The highest BCUT2D eigenvalue weighted by Gasteiger charge is 2.42. The Balaban J connectivity index is 1.99. The van der Waals surface area contributed by atoms with Gasteiger partial charge in [-0.05, 0) is 44.0 Å². The minimum Gasteiger partial charge on any atom is -0.494 e. The van der Waals surface area contributed by atoms with Gasteiger partial charge >= 0.3 is 0 Å². The van der Waals surface area contributed by atoms with Gasteiger partial charge in [0.1, 0.15) is 11.4 Å². The Hall–Kier alpha value is -2.53. The summed E-state index contributed by atoms with van der Waals surface area (Å²) in [4.78, 5) is 15.2. The van der Waals surface area contributed by atoms with Crippen molar-refractivity contribution < 1.29 is 14.3 Å². The first-order valence-corrected chi connectivity index (χ1v) is 9.51. The molecule has 1 unspecified atom stereocenters. The molecule has 144 valence electrons. The Labute approximate surface area is 161 Å². The van der Waals surface area contributed by atoms with E-state index in [1.54, 1.807) is 7.11 Å². The van der Waals surface area contributed by atoms with E-state index in [9.17, 15) is 4.79 Å². The summed E-state index contributed by atoms with van der Waals surface area (Å²) in [7, 11) is 1.68. The number of amides is 1. The van der Waals surface area contributed by atoms with Crippen LogP contribution in [0.1, 0.15) is 42.6 Å². The zero-order chi connectivity index (χ0) is 19.3. The van der Waals surface area contributed by atoms with Gasteiger partial charge in [0.25, 0.3) is 5.91 Å². The minimum atomic E-state index is -0.662. The SMILES string of the molecule is CCCOc1cccc(C2(C)Nc3ccccc3C(=O)N2CCCOC)c1. The van der Waals surface area contributed by atoms with Crippen LogP contribution in [0.5, 0.6) is 5.75 Å². The maximum Gasteiger partial charge on any atom is 0.258 e. The van der Waals surface area contributed by atoms with Gasteiger partial charge in [-0.1, -0.05) is 31.2 Å². The van der Waals surface area contributed by atoms with Crippen LogP contribution in [-0.4, -0.2) is 37.7 Å². The van der Waals surface area contributed by atoms with Gasteiger partial charge in [-0.3, -0.25) is 4.79 Å². The van der Waals surface area contributed by atoms with E-state index in [1.807, 2.05) is 60.4 Å². The third-order valence-electron chi connectivity index (χ3n) is 4.92. The zero-order valence-corrected chi connectivity index (χ0v) is 16.3. The average molecular weight is 368 g/mol. The number of benzene rings is 2. The molecule has 27 heavy (non-hydrogen) atoms. The van der Waals surface area contributed by atoms with Gasteiger partial charge in [-0.2, -0.15) is 0 Å². The maximum absolute atomic E-state index is 13.3. The van der Waals surface area contributed by atoms with Crippen molar-refractivity contribution in [1.29, 1.82) is 0 Å². The second kappa shape index (κ2) is 8.44. The van der Waals surface area contributed by atoms with E-state index >= 15 is 0 Å². The summed E-state index contributed by atoms with van der Waals surface area (Å²) in [5.41, 5.74) is 1.89. The molecule has 0 aliphatic carbocycles. The number of nitrogens with one attached hydrogen (secondary N) is 1. The molecule has 1 N–H and O–H groups in total. The van der Waals surface area contributed by atoms with E-state index in [1.165, 1.54) is 0 Å². The van der Waals surface area contributed by atoms with Crippen LogP contribution >= 0.6 is 0 Å². The molecule has 0 bridgehead atoms. The molecule has 3 rings (SSSR count). The molecule has 0 spiro atoms. The number of hydrogen-bond donors (Lipinski definition) is 1. The number of carbonyl (C=O) groups is 1. The molecule has 1 amide bonds. The summed E-state index contributed by atoms with van der Waals surface area (Å²) in [5, 5.41) is 3.59. The summed E-state index contributed by atoms with van der Waals surface area (Å²) in [5.74, 6) is 0.850. The number of hydrogen-bond acceptors (Lipinski definition) is 4. The van der Waals surface area contributed by atoms with Crippen molar-refractivity contribution in [3.05, 3.63) is 59.7 Å². The number of carbonyl (C=O) groups excluding carboxylic acids is 1. The predicted molar refractivity (Wildman–Crippen MR) is 107 cm³/mol. The molecule has 1 aliphatic heterocycles. The average Bonchev–Trinajstić information content (AvgIpc) is 2.69. The molecule has 0 radical (unpaired) electrons. The molecule has 0 aromatic heterocycles. The fourth-order valence-corrected chi connectivity index (χ4v) is 3.49. The molecular weight excluding hydrogens is 340 g/mol. The molecule has 2 aromatic carbocycles. The number of fused-ring (bicyclic) bond motifs is 1. The van der Waals surface area contributed by atoms with Crippen molar-refractivity contribution in [2.45, 2.75) is 32.4 Å². The molecular formula is C22H28N2O3. The highest BCUT2D eigenvalue weighted by molar-refractivity contribution is 6.02. The lowest BCUT2D eigenvalue weighted by molar-refractivity contribution is 0.0504. The van der Waals surface area contributed by atoms with Crippen molar-refractivity contribution in [3.8, 4) is 5.75 Å². The Morgan fingerprint density at radius 1 is 1.11 bits per heavy atom. The Kier molecular flexibility index (Phi) is 6.01. The normalized spacial score (nSPS) is 18.8. The quantitative estimate of drug-likeness (QED) is 0.708. The van der Waals surface area contributed by atoms with Crippen LogP contribution in [0.4, 0.5) is 5.69 Å². The summed E-state index contributed by atoms with van der Waals surface area (Å²) < 4.78 is 11.0. The van der Waals surface area contributed by atoms with Crippen LogP contribution in [0.3, 0.4) is 0 Å². The highest BCUT2D eigenvalue weighted by atomic mass is 16.5. The monoisotopic (exact) mass is 368 g/mol. The number of anilines is 1. The molecule has 5 heteroatoms. The van der Waals surface area contributed by atoms with Crippen LogP contribution in [0.25, 0.3) is 0 Å². The van der Waals surface area contributed by atoms with Gasteiger partial charge in [0, 0.05) is 31.5 Å². The maximum atomic E-state index is 13.3. The Morgan fingerprint density at radius 3 is 2.70 bits per heavy atom. The summed E-state index contributed by atoms with van der Waals surface area (Å²) >= 11 is 0. The van der Waals surface area contributed by atoms with E-state index in [0.29, 0.717) is 25.3 Å². The van der Waals surface area contributed by atoms with Gasteiger partial charge < -0.3 is 19.7 Å². The number of ether oxygens (including phenoxy) is 2. The fraction of sp³-hybridized carbons (Fsp3) is 0.409. The standard InChI is InChI=1S/C22H28N2O3/c1-4-14-27-18-10-7-9-17(16-18)22(2)23-20-12-6-5-11-19(20)21(25)24(22)13-8-15-26-3/h5-7,9-12,16,23H,4,8,13-15H2,1-3H3. The molecule has 0 saturated carbocycles. The lowest BCUT2D eigenvalue weighted by Crippen LogP contribution is -2.56. The second-order valence-electron chi connectivity index (χ2n) is 6.92. The topological polar surface area (TPSA) is 50.8 Å². The summed E-state index contributed by atoms with van der Waals surface area (Å²) in [6.45, 7) is 6.02. The second-order valence-corrected chi connectivity index (χ2v) is 6.92. The van der Waals surface area contributed by atoms with Crippen LogP contribution in [-0.2, 0) is 10.4 Å². The predicted octanol–water partition coefficient (Wildman–Crippen LogP) is 4.25. The molecule has 5 nitrogen and oxygen atoms in total. The molecule has 1 atom stereocenters. The Morgan fingerprint density at radius 2 is 1.93 bits per heavy atom. The molecule has 0 saturated heterocycles. The first-order chi connectivity index (χ1) is 13.1. The van der Waals surface area contributed by atoms with Gasteiger partial charge in [0.2, 0.25) is 0 Å². The van der Waals surface area contributed by atoms with Crippen molar-refractivity contribution in [2.24, 2.45) is 0 Å². The first kappa shape index (κ1) is 19.2. The van der Waals surface area contributed by atoms with Gasteiger partial charge in [-0.25, -0.2) is 0 Å². The number of nitrogens with zero attached hydrogens (tertiary/aromatic N) is 1. The van der Waals surface area contributed by atoms with Crippen molar-refractivity contribution >= 4 is 11.6 Å². The summed E-state index contributed by atoms with van der Waals surface area (Å²) in [6, 6.07) is 15.7. The molecule has 1 aliphatic rings. The third-order valence-corrected chi connectivity index (χ3v) is 4.92. The molecule has 2 aromatic rings. The summed E-state index contributed by atoms with van der Waals surface area (Å²) in [6.07, 6.45) is 1.72. The smallest absolute Gasteiger partial charge is 0.258 e. The van der Waals surface area contributed by atoms with Gasteiger partial charge in [-0.15, -0.1) is 0 Å². The van der Waals surface area contributed by atoms with Crippen LogP contribution in [0.15, 0.2) is 48.5 Å². The van der Waals surface area contributed by atoms with Crippen molar-refractivity contribution in [1.82, 2.24) is 4.90 Å².